The highest BCUT2D eigenvalue weighted by molar-refractivity contribution is 8.00. The quantitative estimate of drug-likeness (QED) is 0.387. The van der Waals surface area contributed by atoms with Crippen molar-refractivity contribution in [3.63, 3.8) is 0 Å². The second-order valence-electron chi connectivity index (χ2n) is 7.90. The molecule has 0 N–H and O–H groups in total. The molecular formula is C23H27NO4S. The molecule has 0 bridgehead atoms. The molecule has 0 saturated heterocycles. The molecule has 0 aliphatic carbocycles. The van der Waals surface area contributed by atoms with Crippen molar-refractivity contribution in [3.8, 4) is 0 Å². The third-order valence-electron chi connectivity index (χ3n) is 4.36. The molecule has 0 aliphatic heterocycles. The van der Waals surface area contributed by atoms with Gasteiger partial charge in [0.1, 0.15) is 0 Å². The van der Waals surface area contributed by atoms with Gasteiger partial charge in [-0.05, 0) is 23.1 Å². The van der Waals surface area contributed by atoms with Crippen molar-refractivity contribution < 1.29 is 19.1 Å². The van der Waals surface area contributed by atoms with Gasteiger partial charge in [-0.1, -0.05) is 57.2 Å². The maximum absolute atomic E-state index is 12.5. The molecule has 0 saturated carbocycles. The van der Waals surface area contributed by atoms with Crippen LogP contribution < -0.4 is 0 Å². The van der Waals surface area contributed by atoms with Crippen LogP contribution in [0.25, 0.3) is 0 Å². The minimum Gasteiger partial charge on any atom is -0.454 e. The third-order valence-corrected chi connectivity index (χ3v) is 5.42. The Hall–Kier alpha value is -2.60. The summed E-state index contributed by atoms with van der Waals surface area (Å²) in [5.41, 5.74) is 1.98. The molecule has 2 aromatic carbocycles. The molecule has 5 nitrogen and oxygen atoms in total. The fourth-order valence-electron chi connectivity index (χ4n) is 2.48. The highest BCUT2D eigenvalue weighted by atomic mass is 32.2. The van der Waals surface area contributed by atoms with Crippen LogP contribution in [0.1, 0.15) is 47.1 Å². The van der Waals surface area contributed by atoms with Gasteiger partial charge in [0, 0.05) is 24.6 Å². The number of nitrogens with zero attached hydrogens (tertiary/aromatic N) is 1. The number of esters is 1. The molecule has 0 atom stereocenters. The molecule has 0 unspecified atom stereocenters. The topological polar surface area (TPSA) is 63.7 Å². The Bertz CT molecular complexity index is 882. The summed E-state index contributed by atoms with van der Waals surface area (Å²) in [7, 11) is 3.37. The maximum atomic E-state index is 12.5. The van der Waals surface area contributed by atoms with E-state index in [2.05, 4.69) is 20.8 Å². The molecule has 29 heavy (non-hydrogen) atoms. The minimum atomic E-state index is -0.579. The summed E-state index contributed by atoms with van der Waals surface area (Å²) in [5, 5.41) is 0. The molecule has 0 heterocycles. The average molecular weight is 414 g/mol. The van der Waals surface area contributed by atoms with Crippen molar-refractivity contribution in [3.05, 3.63) is 65.2 Å². The number of hydrogen-bond donors (Lipinski definition) is 0. The molecule has 0 radical (unpaired) electrons. The van der Waals surface area contributed by atoms with Crippen molar-refractivity contribution in [2.24, 2.45) is 0 Å². The van der Waals surface area contributed by atoms with Gasteiger partial charge in [-0.2, -0.15) is 0 Å². The van der Waals surface area contributed by atoms with E-state index in [9.17, 15) is 14.4 Å². The first kappa shape index (κ1) is 22.7. The number of carbonyl (C=O) groups is 3. The first-order valence-corrected chi connectivity index (χ1v) is 10.3. The van der Waals surface area contributed by atoms with E-state index in [1.807, 2.05) is 12.1 Å². The maximum Gasteiger partial charge on any atom is 0.339 e. The lowest BCUT2D eigenvalue weighted by Crippen LogP contribution is -2.23. The van der Waals surface area contributed by atoms with Crippen LogP contribution >= 0.6 is 11.8 Å². The Kier molecular flexibility index (Phi) is 7.62. The predicted molar refractivity (Wildman–Crippen MR) is 116 cm³/mol. The monoisotopic (exact) mass is 413 g/mol. The van der Waals surface area contributed by atoms with Gasteiger partial charge < -0.3 is 9.64 Å². The van der Waals surface area contributed by atoms with E-state index in [4.69, 9.17) is 4.74 Å². The number of Topliss-reactive ketones (excluding diaryl/α,β-unsaturated/α-hetero) is 1. The van der Waals surface area contributed by atoms with Crippen LogP contribution in [0.5, 0.6) is 0 Å². The molecule has 0 aromatic heterocycles. The van der Waals surface area contributed by atoms with Gasteiger partial charge in [0.2, 0.25) is 5.91 Å². The highest BCUT2D eigenvalue weighted by Gasteiger charge is 2.18. The Morgan fingerprint density at radius 3 is 2.17 bits per heavy atom. The number of thioether (sulfide) groups is 1. The molecule has 0 spiro atoms. The molecule has 6 heteroatoms. The van der Waals surface area contributed by atoms with Crippen LogP contribution in [0.2, 0.25) is 0 Å². The SMILES string of the molecule is CN(C)C(=O)CSc1ccccc1C(=O)OCC(=O)c1ccc(C(C)(C)C)cc1. The van der Waals surface area contributed by atoms with Gasteiger partial charge >= 0.3 is 5.97 Å². The van der Waals surface area contributed by atoms with E-state index in [1.165, 1.54) is 16.7 Å². The predicted octanol–water partition coefficient (Wildman–Crippen LogP) is 4.20. The number of benzene rings is 2. The smallest absolute Gasteiger partial charge is 0.339 e. The lowest BCUT2D eigenvalue weighted by Gasteiger charge is -2.19. The normalized spacial score (nSPS) is 11.1. The zero-order chi connectivity index (χ0) is 21.6. The minimum absolute atomic E-state index is 0.00336. The highest BCUT2D eigenvalue weighted by Crippen LogP contribution is 2.24. The summed E-state index contributed by atoms with van der Waals surface area (Å²) in [6, 6.07) is 14.3. The summed E-state index contributed by atoms with van der Waals surface area (Å²) in [6.45, 7) is 5.98. The first-order chi connectivity index (χ1) is 13.6. The van der Waals surface area contributed by atoms with E-state index in [1.54, 1.807) is 50.5 Å². The molecular weight excluding hydrogens is 386 g/mol. The third kappa shape index (κ3) is 6.46. The van der Waals surface area contributed by atoms with Crippen LogP contribution in [0.15, 0.2) is 53.4 Å². The van der Waals surface area contributed by atoms with Gasteiger partial charge in [-0.15, -0.1) is 11.8 Å². The van der Waals surface area contributed by atoms with Gasteiger partial charge in [0.25, 0.3) is 0 Å². The molecule has 0 fully saturated rings. The van der Waals surface area contributed by atoms with Crippen molar-refractivity contribution in [2.75, 3.05) is 26.5 Å². The molecule has 2 aromatic rings. The van der Waals surface area contributed by atoms with Gasteiger partial charge in [0.15, 0.2) is 12.4 Å². The summed E-state index contributed by atoms with van der Waals surface area (Å²) in [4.78, 5) is 38.8. The second-order valence-corrected chi connectivity index (χ2v) is 8.92. The van der Waals surface area contributed by atoms with Crippen molar-refractivity contribution in [1.29, 1.82) is 0 Å². The number of rotatable bonds is 7. The summed E-state index contributed by atoms with van der Waals surface area (Å²) in [5.74, 6) is -0.667. The van der Waals surface area contributed by atoms with Crippen LogP contribution in [-0.4, -0.2) is 49.0 Å². The van der Waals surface area contributed by atoms with Crippen molar-refractivity contribution in [1.82, 2.24) is 4.90 Å². The van der Waals surface area contributed by atoms with E-state index >= 15 is 0 Å². The van der Waals surface area contributed by atoms with Gasteiger partial charge in [-0.25, -0.2) is 4.79 Å². The second kappa shape index (κ2) is 9.74. The van der Waals surface area contributed by atoms with Gasteiger partial charge in [0.05, 0.1) is 11.3 Å². The zero-order valence-corrected chi connectivity index (χ0v) is 18.3. The number of ketones is 1. The Morgan fingerprint density at radius 2 is 1.59 bits per heavy atom. The first-order valence-electron chi connectivity index (χ1n) is 9.32. The summed E-state index contributed by atoms with van der Waals surface area (Å²) in [6.07, 6.45) is 0. The Balaban J connectivity index is 2.00. The largest absolute Gasteiger partial charge is 0.454 e. The van der Waals surface area contributed by atoms with E-state index < -0.39 is 5.97 Å². The van der Waals surface area contributed by atoms with Crippen LogP contribution in [0, 0.1) is 0 Å². The fraction of sp³-hybridized carbons (Fsp3) is 0.348. The van der Waals surface area contributed by atoms with Gasteiger partial charge in [-0.3, -0.25) is 9.59 Å². The van der Waals surface area contributed by atoms with Crippen molar-refractivity contribution >= 4 is 29.4 Å². The number of amides is 1. The Morgan fingerprint density at radius 1 is 0.966 bits per heavy atom. The summed E-state index contributed by atoms with van der Waals surface area (Å²) >= 11 is 1.27. The number of hydrogen-bond acceptors (Lipinski definition) is 5. The number of ether oxygens (including phenoxy) is 1. The average Bonchev–Trinajstić information content (AvgIpc) is 2.69. The van der Waals surface area contributed by atoms with E-state index in [0.717, 1.165) is 5.56 Å². The number of carbonyl (C=O) groups excluding carboxylic acids is 3. The zero-order valence-electron chi connectivity index (χ0n) is 17.5. The van der Waals surface area contributed by atoms with E-state index in [-0.39, 0.29) is 29.5 Å². The molecule has 0 aliphatic rings. The van der Waals surface area contributed by atoms with Crippen LogP contribution in [-0.2, 0) is 14.9 Å². The van der Waals surface area contributed by atoms with Crippen LogP contribution in [0.3, 0.4) is 0 Å². The Labute approximate surface area is 176 Å². The lowest BCUT2D eigenvalue weighted by molar-refractivity contribution is -0.125. The van der Waals surface area contributed by atoms with Crippen LogP contribution in [0.4, 0.5) is 0 Å². The molecule has 2 rings (SSSR count). The van der Waals surface area contributed by atoms with Crippen molar-refractivity contribution in [2.45, 2.75) is 31.1 Å². The lowest BCUT2D eigenvalue weighted by atomic mass is 9.86. The fourth-order valence-corrected chi connectivity index (χ4v) is 3.50. The van der Waals surface area contributed by atoms with E-state index in [0.29, 0.717) is 16.0 Å². The summed E-state index contributed by atoms with van der Waals surface area (Å²) < 4.78 is 5.24. The standard InChI is InChI=1S/C23H27NO4S/c1-23(2,3)17-12-10-16(11-13-17)19(25)14-28-22(27)18-8-6-7-9-20(18)29-15-21(26)24(4)5/h6-13H,14-15H2,1-5H3. The molecule has 1 amide bonds. The molecule has 154 valence electrons.